The van der Waals surface area contributed by atoms with Crippen LogP contribution in [0.1, 0.15) is 24.5 Å². The van der Waals surface area contributed by atoms with Gasteiger partial charge in [-0.25, -0.2) is 5.01 Å². The Morgan fingerprint density at radius 1 is 1.26 bits per heavy atom. The van der Waals surface area contributed by atoms with Gasteiger partial charge in [-0.1, -0.05) is 19.1 Å². The molecule has 122 valence electrons. The number of fused-ring (bicyclic) bond motifs is 1. The standard InChI is InChI=1S/C17H18F3N3/c1-3-15-14-11-23(22(2)16(14)7-8-21-15)10-12-5-4-6-13(9-12)17(18,19)20/h4-9,11,16H,3,10H2,1-2H3. The summed E-state index contributed by atoms with van der Waals surface area (Å²) in [6.45, 7) is 2.44. The van der Waals surface area contributed by atoms with Gasteiger partial charge in [0.1, 0.15) is 0 Å². The summed E-state index contributed by atoms with van der Waals surface area (Å²) < 4.78 is 38.5. The van der Waals surface area contributed by atoms with Crippen LogP contribution in [0.5, 0.6) is 0 Å². The minimum Gasteiger partial charge on any atom is -0.308 e. The van der Waals surface area contributed by atoms with Crippen LogP contribution in [0, 0.1) is 0 Å². The summed E-state index contributed by atoms with van der Waals surface area (Å²) in [5.41, 5.74) is 2.15. The fourth-order valence-corrected chi connectivity index (χ4v) is 2.94. The molecule has 3 rings (SSSR count). The van der Waals surface area contributed by atoms with E-state index in [4.69, 9.17) is 0 Å². The monoisotopic (exact) mass is 321 g/mol. The van der Waals surface area contributed by atoms with Crippen LogP contribution < -0.4 is 0 Å². The van der Waals surface area contributed by atoms with Crippen LogP contribution in [0.15, 0.2) is 53.3 Å². The topological polar surface area (TPSA) is 18.8 Å². The van der Waals surface area contributed by atoms with Gasteiger partial charge in [0.25, 0.3) is 0 Å². The van der Waals surface area contributed by atoms with Crippen molar-refractivity contribution in [1.82, 2.24) is 10.0 Å². The SMILES string of the molecule is CCC1=NC=CC2C1=CN(Cc1cccc(C(F)(F)F)c1)N2C. The Morgan fingerprint density at radius 3 is 2.74 bits per heavy atom. The predicted molar refractivity (Wildman–Crippen MR) is 83.5 cm³/mol. The van der Waals surface area contributed by atoms with E-state index in [-0.39, 0.29) is 6.04 Å². The number of hydrazine groups is 1. The minimum atomic E-state index is -4.32. The van der Waals surface area contributed by atoms with Gasteiger partial charge < -0.3 is 5.01 Å². The number of rotatable bonds is 3. The van der Waals surface area contributed by atoms with Crippen LogP contribution in [0.2, 0.25) is 0 Å². The molecule has 2 aliphatic heterocycles. The van der Waals surface area contributed by atoms with Gasteiger partial charge in [-0.2, -0.15) is 13.2 Å². The maximum atomic E-state index is 12.8. The first-order chi connectivity index (χ1) is 10.9. The third kappa shape index (κ3) is 3.03. The van der Waals surface area contributed by atoms with E-state index in [9.17, 15) is 13.2 Å². The first-order valence-electron chi connectivity index (χ1n) is 7.51. The Kier molecular flexibility index (Phi) is 4.02. The molecular weight excluding hydrogens is 303 g/mol. The smallest absolute Gasteiger partial charge is 0.308 e. The fraction of sp³-hybridized carbons (Fsp3) is 0.353. The van der Waals surface area contributed by atoms with Gasteiger partial charge in [-0.05, 0) is 30.2 Å². The molecule has 0 radical (unpaired) electrons. The lowest BCUT2D eigenvalue weighted by Gasteiger charge is -2.30. The molecule has 0 spiro atoms. The molecule has 0 aromatic heterocycles. The summed E-state index contributed by atoms with van der Waals surface area (Å²) in [6.07, 6.45) is 2.29. The Hall–Kier alpha value is -2.08. The van der Waals surface area contributed by atoms with Crippen molar-refractivity contribution in [2.75, 3.05) is 7.05 Å². The van der Waals surface area contributed by atoms with Crippen molar-refractivity contribution in [3.63, 3.8) is 0 Å². The van der Waals surface area contributed by atoms with E-state index in [1.165, 1.54) is 12.1 Å². The molecule has 6 heteroatoms. The maximum absolute atomic E-state index is 12.8. The van der Waals surface area contributed by atoms with Gasteiger partial charge in [0.2, 0.25) is 0 Å². The largest absolute Gasteiger partial charge is 0.416 e. The van der Waals surface area contributed by atoms with Crippen molar-refractivity contribution < 1.29 is 13.2 Å². The van der Waals surface area contributed by atoms with Crippen molar-refractivity contribution in [3.8, 4) is 0 Å². The molecule has 0 amide bonds. The van der Waals surface area contributed by atoms with Crippen LogP contribution in [0.3, 0.4) is 0 Å². The van der Waals surface area contributed by atoms with E-state index in [1.54, 1.807) is 12.3 Å². The van der Waals surface area contributed by atoms with Crippen molar-refractivity contribution in [3.05, 3.63) is 59.4 Å². The second-order valence-electron chi connectivity index (χ2n) is 5.67. The minimum absolute atomic E-state index is 0.105. The zero-order chi connectivity index (χ0) is 16.6. The molecule has 3 nitrogen and oxygen atoms in total. The van der Waals surface area contributed by atoms with E-state index in [1.807, 2.05) is 36.3 Å². The maximum Gasteiger partial charge on any atom is 0.416 e. The number of likely N-dealkylation sites (N-methyl/N-ethyl adjacent to an activating group) is 1. The average molecular weight is 321 g/mol. The number of alkyl halides is 3. The van der Waals surface area contributed by atoms with Crippen LogP contribution in [0.25, 0.3) is 0 Å². The van der Waals surface area contributed by atoms with Crippen molar-refractivity contribution in [2.24, 2.45) is 4.99 Å². The third-order valence-electron chi connectivity index (χ3n) is 4.18. The molecule has 1 atom stereocenters. The molecule has 1 unspecified atom stereocenters. The second-order valence-corrected chi connectivity index (χ2v) is 5.67. The molecule has 0 aliphatic carbocycles. The van der Waals surface area contributed by atoms with Crippen LogP contribution in [0.4, 0.5) is 13.2 Å². The number of hydrogen-bond acceptors (Lipinski definition) is 3. The molecule has 23 heavy (non-hydrogen) atoms. The van der Waals surface area contributed by atoms with Gasteiger partial charge in [0.05, 0.1) is 18.2 Å². The van der Waals surface area contributed by atoms with Crippen LogP contribution >= 0.6 is 0 Å². The van der Waals surface area contributed by atoms with Crippen molar-refractivity contribution >= 4 is 5.71 Å². The Morgan fingerprint density at radius 2 is 2.04 bits per heavy atom. The second kappa shape index (κ2) is 5.85. The number of benzene rings is 1. The van der Waals surface area contributed by atoms with Crippen LogP contribution in [-0.4, -0.2) is 28.8 Å². The molecule has 0 N–H and O–H groups in total. The Labute approximate surface area is 133 Å². The summed E-state index contributed by atoms with van der Waals surface area (Å²) >= 11 is 0. The highest BCUT2D eigenvalue weighted by atomic mass is 19.4. The van der Waals surface area contributed by atoms with Gasteiger partial charge in [-0.3, -0.25) is 4.99 Å². The summed E-state index contributed by atoms with van der Waals surface area (Å²) in [6, 6.07) is 5.58. The third-order valence-corrected chi connectivity index (χ3v) is 4.18. The van der Waals surface area contributed by atoms with Gasteiger partial charge >= 0.3 is 6.18 Å². The summed E-state index contributed by atoms with van der Waals surface area (Å²) in [7, 11) is 1.94. The molecule has 0 bridgehead atoms. The van der Waals surface area contributed by atoms with Crippen molar-refractivity contribution in [1.29, 1.82) is 0 Å². The Bertz CT molecular complexity index is 689. The van der Waals surface area contributed by atoms with Gasteiger partial charge in [0, 0.05) is 30.7 Å². The lowest BCUT2D eigenvalue weighted by Crippen LogP contribution is -2.38. The predicted octanol–water partition coefficient (Wildman–Crippen LogP) is 4.00. The normalized spacial score (nSPS) is 21.3. The lowest BCUT2D eigenvalue weighted by atomic mass is 10.00. The molecule has 0 saturated heterocycles. The van der Waals surface area contributed by atoms with Crippen molar-refractivity contribution in [2.45, 2.75) is 32.1 Å². The van der Waals surface area contributed by atoms with E-state index >= 15 is 0 Å². The zero-order valence-corrected chi connectivity index (χ0v) is 13.0. The number of nitrogens with zero attached hydrogens (tertiary/aromatic N) is 3. The Balaban J connectivity index is 1.83. The summed E-state index contributed by atoms with van der Waals surface area (Å²) in [5, 5.41) is 3.97. The van der Waals surface area contributed by atoms with Gasteiger partial charge in [0.15, 0.2) is 0 Å². The highest BCUT2D eigenvalue weighted by molar-refractivity contribution is 6.02. The lowest BCUT2D eigenvalue weighted by molar-refractivity contribution is -0.137. The van der Waals surface area contributed by atoms with Gasteiger partial charge in [-0.15, -0.1) is 0 Å². The molecular formula is C17H18F3N3. The van der Waals surface area contributed by atoms with Crippen LogP contribution in [-0.2, 0) is 12.7 Å². The van der Waals surface area contributed by atoms with E-state index < -0.39 is 11.7 Å². The summed E-state index contributed by atoms with van der Waals surface area (Å²) in [5.74, 6) is 0. The highest BCUT2D eigenvalue weighted by Crippen LogP contribution is 2.31. The average Bonchev–Trinajstić information content (AvgIpc) is 2.83. The number of hydrogen-bond donors (Lipinski definition) is 0. The quantitative estimate of drug-likeness (QED) is 0.838. The molecule has 1 aromatic carbocycles. The van der Waals surface area contributed by atoms with E-state index in [0.29, 0.717) is 12.1 Å². The van der Waals surface area contributed by atoms with E-state index in [2.05, 4.69) is 4.99 Å². The molecule has 2 aliphatic rings. The number of halogens is 3. The first kappa shape index (κ1) is 15.8. The van der Waals surface area contributed by atoms with E-state index in [0.717, 1.165) is 23.8 Å². The number of aliphatic imine (C=N–C) groups is 1. The zero-order valence-electron chi connectivity index (χ0n) is 13.0. The first-order valence-corrected chi connectivity index (χ1v) is 7.51. The fourth-order valence-electron chi connectivity index (χ4n) is 2.94. The molecule has 1 aromatic rings. The molecule has 2 heterocycles. The highest BCUT2D eigenvalue weighted by Gasteiger charge is 2.33. The molecule has 0 saturated carbocycles. The summed E-state index contributed by atoms with van der Waals surface area (Å²) in [4.78, 5) is 4.38. The molecule has 0 fully saturated rings.